The molecule has 0 radical (unpaired) electrons. The third kappa shape index (κ3) is 3.86. The average Bonchev–Trinajstić information content (AvgIpc) is 2.01. The van der Waals surface area contributed by atoms with E-state index in [1.807, 2.05) is 0 Å². The first-order chi connectivity index (χ1) is 6.01. The van der Waals surface area contributed by atoms with E-state index in [0.29, 0.717) is 6.42 Å². The molecule has 1 N–H and O–H groups in total. The molecule has 1 heterocycles. The summed E-state index contributed by atoms with van der Waals surface area (Å²) in [5.41, 5.74) is 0. The normalized spacial score (nSPS) is 29.1. The van der Waals surface area contributed by atoms with Gasteiger partial charge in [0.2, 0.25) is 0 Å². The van der Waals surface area contributed by atoms with E-state index >= 15 is 0 Å². The van der Waals surface area contributed by atoms with Gasteiger partial charge in [0, 0.05) is 0 Å². The molecule has 0 spiro atoms. The van der Waals surface area contributed by atoms with E-state index in [1.54, 1.807) is 6.08 Å². The van der Waals surface area contributed by atoms with E-state index in [1.165, 1.54) is 6.08 Å². The molecule has 0 aromatic carbocycles. The van der Waals surface area contributed by atoms with Crippen molar-refractivity contribution in [2.75, 3.05) is 12.9 Å². The topological polar surface area (TPSA) is 72.8 Å². The fraction of sp³-hybridized carbons (Fsp3) is 0.714. The van der Waals surface area contributed by atoms with Crippen LogP contribution >= 0.6 is 0 Å². The van der Waals surface area contributed by atoms with E-state index in [-0.39, 0.29) is 12.7 Å². The molecule has 0 saturated carbocycles. The molecule has 0 aromatic heterocycles. The Kier molecular flexibility index (Phi) is 3.43. The minimum atomic E-state index is -3.51. The highest BCUT2D eigenvalue weighted by Gasteiger charge is 2.20. The predicted octanol–water partition coefficient (Wildman–Crippen LogP) is -0.374. The van der Waals surface area contributed by atoms with E-state index in [2.05, 4.69) is 4.18 Å². The molecule has 0 bridgehead atoms. The van der Waals surface area contributed by atoms with Gasteiger partial charge in [0.1, 0.15) is 0 Å². The van der Waals surface area contributed by atoms with Crippen molar-refractivity contribution in [3.05, 3.63) is 12.2 Å². The second-order valence-corrected chi connectivity index (χ2v) is 4.37. The van der Waals surface area contributed by atoms with Crippen molar-refractivity contribution >= 4 is 10.1 Å². The maximum Gasteiger partial charge on any atom is 0.267 e. The van der Waals surface area contributed by atoms with Gasteiger partial charge in [-0.25, -0.2) is 4.18 Å². The Hall–Kier alpha value is -0.430. The third-order valence-electron chi connectivity index (χ3n) is 1.49. The minimum Gasteiger partial charge on any atom is -0.394 e. The zero-order valence-electron chi connectivity index (χ0n) is 7.21. The van der Waals surface area contributed by atoms with E-state index in [4.69, 9.17) is 9.84 Å². The van der Waals surface area contributed by atoms with Crippen LogP contribution < -0.4 is 0 Å². The first-order valence-corrected chi connectivity index (χ1v) is 5.64. The number of ether oxygens (including phenoxy) is 1. The highest BCUT2D eigenvalue weighted by atomic mass is 32.2. The van der Waals surface area contributed by atoms with Gasteiger partial charge in [0.05, 0.1) is 19.0 Å². The summed E-state index contributed by atoms with van der Waals surface area (Å²) >= 11 is 0. The van der Waals surface area contributed by atoms with Crippen LogP contribution in [0.3, 0.4) is 0 Å². The maximum atomic E-state index is 10.7. The number of rotatable bonds is 3. The summed E-state index contributed by atoms with van der Waals surface area (Å²) in [4.78, 5) is 0. The lowest BCUT2D eigenvalue weighted by molar-refractivity contribution is -0.106. The van der Waals surface area contributed by atoms with Gasteiger partial charge in [-0.3, -0.25) is 0 Å². The SMILES string of the molecule is CS(=O)(=O)OC1C=CC[C@H](CO)O1. The first kappa shape index (κ1) is 10.6. The summed E-state index contributed by atoms with van der Waals surface area (Å²) in [6, 6.07) is 0. The van der Waals surface area contributed by atoms with Crippen molar-refractivity contribution in [1.82, 2.24) is 0 Å². The van der Waals surface area contributed by atoms with Gasteiger partial charge in [-0.05, 0) is 12.5 Å². The molecule has 1 rings (SSSR count). The molecule has 1 unspecified atom stereocenters. The highest BCUT2D eigenvalue weighted by Crippen LogP contribution is 2.14. The smallest absolute Gasteiger partial charge is 0.267 e. The Bertz CT molecular complexity index is 281. The number of aliphatic hydroxyl groups excluding tert-OH is 1. The standard InChI is InChI=1S/C7H12O5S/c1-13(9,10)12-7-4-2-3-6(5-8)11-7/h2,4,6-8H,3,5H2,1H3/t6-,7?/m1/s1. The van der Waals surface area contributed by atoms with Crippen LogP contribution in [0.5, 0.6) is 0 Å². The largest absolute Gasteiger partial charge is 0.394 e. The Balaban J connectivity index is 2.53. The van der Waals surface area contributed by atoms with Crippen molar-refractivity contribution in [2.45, 2.75) is 18.8 Å². The van der Waals surface area contributed by atoms with Crippen molar-refractivity contribution in [1.29, 1.82) is 0 Å². The monoisotopic (exact) mass is 208 g/mol. The molecule has 1 aliphatic rings. The van der Waals surface area contributed by atoms with Crippen LogP contribution in [-0.2, 0) is 19.0 Å². The summed E-state index contributed by atoms with van der Waals surface area (Å²) in [5.74, 6) is 0. The quantitative estimate of drug-likeness (QED) is 0.506. The molecule has 1 aliphatic heterocycles. The molecule has 0 amide bonds. The molecule has 6 heteroatoms. The van der Waals surface area contributed by atoms with Crippen LogP contribution in [0.25, 0.3) is 0 Å². The van der Waals surface area contributed by atoms with Gasteiger partial charge in [-0.2, -0.15) is 8.42 Å². The van der Waals surface area contributed by atoms with Crippen molar-refractivity contribution < 1.29 is 22.4 Å². The maximum absolute atomic E-state index is 10.7. The molecule has 13 heavy (non-hydrogen) atoms. The fourth-order valence-corrected chi connectivity index (χ4v) is 1.43. The molecule has 0 aliphatic carbocycles. The summed E-state index contributed by atoms with van der Waals surface area (Å²) in [5, 5.41) is 8.74. The molecule has 0 saturated heterocycles. The Morgan fingerprint density at radius 3 is 2.92 bits per heavy atom. The van der Waals surface area contributed by atoms with Crippen LogP contribution in [0.15, 0.2) is 12.2 Å². The lowest BCUT2D eigenvalue weighted by Gasteiger charge is -2.23. The Morgan fingerprint density at radius 1 is 1.69 bits per heavy atom. The lowest BCUT2D eigenvalue weighted by atomic mass is 10.2. The van der Waals surface area contributed by atoms with Crippen LogP contribution in [0.1, 0.15) is 6.42 Å². The van der Waals surface area contributed by atoms with Gasteiger partial charge < -0.3 is 9.84 Å². The Morgan fingerprint density at radius 2 is 2.38 bits per heavy atom. The molecule has 0 aromatic rings. The van der Waals surface area contributed by atoms with Crippen molar-refractivity contribution in [2.24, 2.45) is 0 Å². The summed E-state index contributed by atoms with van der Waals surface area (Å²) in [6.07, 6.45) is 3.47. The van der Waals surface area contributed by atoms with Crippen LogP contribution in [-0.4, -0.2) is 38.8 Å². The summed E-state index contributed by atoms with van der Waals surface area (Å²) in [6.45, 7) is -0.145. The van der Waals surface area contributed by atoms with Crippen molar-refractivity contribution in [3.8, 4) is 0 Å². The van der Waals surface area contributed by atoms with E-state index < -0.39 is 16.4 Å². The first-order valence-electron chi connectivity index (χ1n) is 3.82. The fourth-order valence-electron chi connectivity index (χ4n) is 0.977. The second kappa shape index (κ2) is 4.19. The second-order valence-electron chi connectivity index (χ2n) is 2.77. The van der Waals surface area contributed by atoms with Gasteiger partial charge in [-0.15, -0.1) is 0 Å². The average molecular weight is 208 g/mol. The number of hydrogen-bond donors (Lipinski definition) is 1. The molecule has 5 nitrogen and oxygen atoms in total. The van der Waals surface area contributed by atoms with Gasteiger partial charge in [0.25, 0.3) is 10.1 Å². The molecule has 76 valence electrons. The summed E-state index contributed by atoms with van der Waals surface area (Å²) < 4.78 is 31.0. The molecule has 2 atom stereocenters. The molecular formula is C7H12O5S. The molecule has 0 fully saturated rings. The third-order valence-corrected chi connectivity index (χ3v) is 2.03. The van der Waals surface area contributed by atoms with Gasteiger partial charge in [0.15, 0.2) is 6.29 Å². The predicted molar refractivity (Wildman–Crippen MR) is 45.4 cm³/mol. The van der Waals surface area contributed by atoms with Gasteiger partial charge >= 0.3 is 0 Å². The van der Waals surface area contributed by atoms with E-state index in [0.717, 1.165) is 6.26 Å². The minimum absolute atomic E-state index is 0.145. The van der Waals surface area contributed by atoms with Crippen LogP contribution in [0.2, 0.25) is 0 Å². The molecular weight excluding hydrogens is 196 g/mol. The summed E-state index contributed by atoms with van der Waals surface area (Å²) in [7, 11) is -3.51. The lowest BCUT2D eigenvalue weighted by Crippen LogP contribution is -2.30. The van der Waals surface area contributed by atoms with Crippen LogP contribution in [0, 0.1) is 0 Å². The Labute approximate surface area is 77.1 Å². The number of aliphatic hydroxyl groups is 1. The van der Waals surface area contributed by atoms with Crippen molar-refractivity contribution in [3.63, 3.8) is 0 Å². The van der Waals surface area contributed by atoms with E-state index in [9.17, 15) is 8.42 Å². The van der Waals surface area contributed by atoms with Gasteiger partial charge in [-0.1, -0.05) is 6.08 Å². The number of hydrogen-bond acceptors (Lipinski definition) is 5. The zero-order valence-corrected chi connectivity index (χ0v) is 8.03. The zero-order chi connectivity index (χ0) is 9.90. The highest BCUT2D eigenvalue weighted by molar-refractivity contribution is 7.86. The van der Waals surface area contributed by atoms with Crippen LogP contribution in [0.4, 0.5) is 0 Å².